The van der Waals surface area contributed by atoms with Gasteiger partial charge in [0.05, 0.1) is 24.2 Å². The van der Waals surface area contributed by atoms with Crippen molar-refractivity contribution in [1.82, 2.24) is 0 Å². The van der Waals surface area contributed by atoms with Gasteiger partial charge in [-0.05, 0) is 11.5 Å². The Morgan fingerprint density at radius 1 is 1.32 bits per heavy atom. The van der Waals surface area contributed by atoms with Crippen LogP contribution >= 0.6 is 11.6 Å². The summed E-state index contributed by atoms with van der Waals surface area (Å²) < 4.78 is 4.76. The minimum atomic E-state index is -0.452. The molecule has 0 saturated carbocycles. The van der Waals surface area contributed by atoms with E-state index in [-0.39, 0.29) is 11.7 Å². The number of fused-ring (bicyclic) bond motifs is 1. The van der Waals surface area contributed by atoms with E-state index in [1.807, 2.05) is 30.3 Å². The molecule has 2 aromatic rings. The molecule has 0 aliphatic heterocycles. The molecule has 0 bridgehead atoms. The predicted octanol–water partition coefficient (Wildman–Crippen LogP) is 2.85. The van der Waals surface area contributed by atoms with Gasteiger partial charge in [-0.15, -0.1) is 11.6 Å². The van der Waals surface area contributed by atoms with E-state index in [1.165, 1.54) is 7.11 Å². The number of aliphatic imine (C=N–C) groups is 1. The first-order valence-electron chi connectivity index (χ1n) is 5.66. The monoisotopic (exact) mass is 276 g/mol. The van der Waals surface area contributed by atoms with Crippen LogP contribution in [0.2, 0.25) is 0 Å². The molecule has 0 fully saturated rings. The van der Waals surface area contributed by atoms with E-state index >= 15 is 0 Å². The largest absolute Gasteiger partial charge is 0.465 e. The number of nitrogens with two attached hydrogens (primary N) is 1. The third-order valence-electron chi connectivity index (χ3n) is 2.70. The average Bonchev–Trinajstić information content (AvgIpc) is 2.46. The molecule has 0 radical (unpaired) electrons. The van der Waals surface area contributed by atoms with Crippen molar-refractivity contribution in [2.75, 3.05) is 13.0 Å². The fourth-order valence-corrected chi connectivity index (χ4v) is 1.88. The smallest absolute Gasteiger partial charge is 0.340 e. The quantitative estimate of drug-likeness (QED) is 0.406. The van der Waals surface area contributed by atoms with Crippen LogP contribution in [0.4, 0.5) is 5.69 Å². The molecule has 0 aromatic heterocycles. The number of halogens is 1. The molecule has 0 amide bonds. The van der Waals surface area contributed by atoms with Gasteiger partial charge in [0.1, 0.15) is 5.84 Å². The van der Waals surface area contributed by atoms with Crippen LogP contribution in [-0.4, -0.2) is 24.8 Å². The summed E-state index contributed by atoms with van der Waals surface area (Å²) in [4.78, 5) is 16.0. The summed E-state index contributed by atoms with van der Waals surface area (Å²) in [5.74, 6) is -0.0980. The number of ether oxygens (including phenoxy) is 1. The number of rotatable bonds is 3. The first-order chi connectivity index (χ1) is 9.17. The van der Waals surface area contributed by atoms with Gasteiger partial charge in [0.15, 0.2) is 0 Å². The zero-order valence-electron chi connectivity index (χ0n) is 10.4. The SMILES string of the molecule is COC(=O)c1ccc2ccccc2c1N=C(N)CCl. The van der Waals surface area contributed by atoms with E-state index in [1.54, 1.807) is 6.07 Å². The van der Waals surface area contributed by atoms with Gasteiger partial charge < -0.3 is 10.5 Å². The van der Waals surface area contributed by atoms with Crippen molar-refractivity contribution in [2.45, 2.75) is 0 Å². The highest BCUT2D eigenvalue weighted by atomic mass is 35.5. The molecule has 5 heteroatoms. The molecule has 0 aliphatic rings. The molecule has 0 aliphatic carbocycles. The summed E-state index contributed by atoms with van der Waals surface area (Å²) in [6, 6.07) is 11.1. The molecule has 0 heterocycles. The number of carbonyl (C=O) groups excluding carboxylic acids is 1. The number of hydrogen-bond acceptors (Lipinski definition) is 3. The minimum absolute atomic E-state index is 0.101. The van der Waals surface area contributed by atoms with Crippen LogP contribution in [0.5, 0.6) is 0 Å². The fraction of sp³-hybridized carbons (Fsp3) is 0.143. The van der Waals surface area contributed by atoms with Crippen molar-refractivity contribution in [3.63, 3.8) is 0 Å². The Hall–Kier alpha value is -2.07. The van der Waals surface area contributed by atoms with Gasteiger partial charge in [-0.2, -0.15) is 0 Å². The van der Waals surface area contributed by atoms with Gasteiger partial charge in [0, 0.05) is 5.39 Å². The Balaban J connectivity index is 2.75. The standard InChI is InChI=1S/C14H13ClN2O2/c1-19-14(18)11-7-6-9-4-2-3-5-10(9)13(11)17-12(16)8-15/h2-7H,8H2,1H3,(H2,16,17). The maximum absolute atomic E-state index is 11.8. The molecule has 0 saturated heterocycles. The predicted molar refractivity (Wildman–Crippen MR) is 77.3 cm³/mol. The van der Waals surface area contributed by atoms with Crippen molar-refractivity contribution in [3.8, 4) is 0 Å². The number of esters is 1. The second-order valence-electron chi connectivity index (χ2n) is 3.91. The number of benzene rings is 2. The number of methoxy groups -OCH3 is 1. The topological polar surface area (TPSA) is 64.7 Å². The summed E-state index contributed by atoms with van der Waals surface area (Å²) in [5, 5.41) is 1.80. The lowest BCUT2D eigenvalue weighted by Crippen LogP contribution is -2.13. The second-order valence-corrected chi connectivity index (χ2v) is 4.18. The Morgan fingerprint density at radius 2 is 2.05 bits per heavy atom. The van der Waals surface area contributed by atoms with Crippen LogP contribution in [0, 0.1) is 0 Å². The average molecular weight is 277 g/mol. The van der Waals surface area contributed by atoms with Crippen molar-refractivity contribution in [3.05, 3.63) is 42.0 Å². The summed E-state index contributed by atoms with van der Waals surface area (Å²) in [6.45, 7) is 0. The van der Waals surface area contributed by atoms with E-state index in [0.717, 1.165) is 10.8 Å². The van der Waals surface area contributed by atoms with Crippen molar-refractivity contribution in [2.24, 2.45) is 10.7 Å². The molecule has 0 atom stereocenters. The lowest BCUT2D eigenvalue weighted by Gasteiger charge is -2.08. The summed E-state index contributed by atoms with van der Waals surface area (Å²) >= 11 is 5.65. The van der Waals surface area contributed by atoms with Gasteiger partial charge in [-0.25, -0.2) is 9.79 Å². The number of alkyl halides is 1. The summed E-state index contributed by atoms with van der Waals surface area (Å²) in [5.41, 5.74) is 6.53. The third-order valence-corrected chi connectivity index (χ3v) is 2.97. The normalized spacial score (nSPS) is 11.6. The zero-order valence-corrected chi connectivity index (χ0v) is 11.1. The number of amidine groups is 1. The van der Waals surface area contributed by atoms with Crippen LogP contribution in [0.15, 0.2) is 41.4 Å². The first kappa shape index (κ1) is 13.4. The van der Waals surface area contributed by atoms with Gasteiger partial charge in [0.25, 0.3) is 0 Å². The minimum Gasteiger partial charge on any atom is -0.465 e. The van der Waals surface area contributed by atoms with E-state index in [0.29, 0.717) is 11.3 Å². The molecule has 2 aromatic carbocycles. The van der Waals surface area contributed by atoms with E-state index in [4.69, 9.17) is 22.1 Å². The van der Waals surface area contributed by atoms with Gasteiger partial charge in [-0.3, -0.25) is 0 Å². The first-order valence-corrected chi connectivity index (χ1v) is 6.20. The van der Waals surface area contributed by atoms with Gasteiger partial charge >= 0.3 is 5.97 Å². The van der Waals surface area contributed by atoms with Crippen LogP contribution < -0.4 is 5.73 Å². The fourth-order valence-electron chi connectivity index (χ4n) is 1.82. The van der Waals surface area contributed by atoms with Crippen molar-refractivity contribution in [1.29, 1.82) is 0 Å². The van der Waals surface area contributed by atoms with E-state index < -0.39 is 5.97 Å². The lowest BCUT2D eigenvalue weighted by atomic mass is 10.0. The second kappa shape index (κ2) is 5.71. The third kappa shape index (κ3) is 2.69. The number of carbonyl (C=O) groups is 1. The molecule has 4 nitrogen and oxygen atoms in total. The van der Waals surface area contributed by atoms with Crippen LogP contribution in [0.3, 0.4) is 0 Å². The van der Waals surface area contributed by atoms with Gasteiger partial charge in [-0.1, -0.05) is 30.3 Å². The van der Waals surface area contributed by atoms with Crippen molar-refractivity contribution >= 4 is 39.9 Å². The van der Waals surface area contributed by atoms with E-state index in [9.17, 15) is 4.79 Å². The van der Waals surface area contributed by atoms with Crippen molar-refractivity contribution < 1.29 is 9.53 Å². The lowest BCUT2D eigenvalue weighted by molar-refractivity contribution is 0.0602. The molecule has 0 spiro atoms. The Morgan fingerprint density at radius 3 is 2.74 bits per heavy atom. The maximum atomic E-state index is 11.8. The Labute approximate surface area is 115 Å². The van der Waals surface area contributed by atoms with Crippen LogP contribution in [0.1, 0.15) is 10.4 Å². The molecular formula is C14H13ClN2O2. The highest BCUT2D eigenvalue weighted by molar-refractivity contribution is 6.28. The molecule has 98 valence electrons. The molecule has 0 unspecified atom stereocenters. The van der Waals surface area contributed by atoms with E-state index in [2.05, 4.69) is 4.99 Å². The van der Waals surface area contributed by atoms with Crippen LogP contribution in [0.25, 0.3) is 10.8 Å². The molecule has 2 N–H and O–H groups in total. The summed E-state index contributed by atoms with van der Waals surface area (Å²) in [7, 11) is 1.33. The molecular weight excluding hydrogens is 264 g/mol. The molecule has 2 rings (SSSR count). The maximum Gasteiger partial charge on any atom is 0.340 e. The summed E-state index contributed by atoms with van der Waals surface area (Å²) in [6.07, 6.45) is 0. The van der Waals surface area contributed by atoms with Gasteiger partial charge in [0.2, 0.25) is 0 Å². The molecule has 19 heavy (non-hydrogen) atoms. The van der Waals surface area contributed by atoms with Crippen LogP contribution in [-0.2, 0) is 4.74 Å². The highest BCUT2D eigenvalue weighted by Crippen LogP contribution is 2.30. The zero-order chi connectivity index (χ0) is 13.8. The Bertz CT molecular complexity index is 653. The highest BCUT2D eigenvalue weighted by Gasteiger charge is 2.14. The number of nitrogens with zero attached hydrogens (tertiary/aromatic N) is 1. The Kier molecular flexibility index (Phi) is 4.02. The number of hydrogen-bond donors (Lipinski definition) is 1.